The van der Waals surface area contributed by atoms with Gasteiger partial charge in [-0.3, -0.25) is 10.2 Å². The molecule has 2 aliphatic heterocycles. The van der Waals surface area contributed by atoms with E-state index in [9.17, 15) is 4.79 Å². The van der Waals surface area contributed by atoms with Gasteiger partial charge in [0.05, 0.1) is 12.0 Å². The SMILES string of the molecule is Cc1ccc(C2NNCC2C(=O)N2CCN(c3ccc(C)cc3C)CC2)cc1. The number of nitrogens with one attached hydrogen (secondary N) is 2. The number of carbonyl (C=O) groups is 1. The fourth-order valence-corrected chi connectivity index (χ4v) is 4.38. The lowest BCUT2D eigenvalue weighted by molar-refractivity contribution is -0.135. The molecule has 0 aromatic heterocycles. The number of hydrogen-bond donors (Lipinski definition) is 2. The van der Waals surface area contributed by atoms with Crippen LogP contribution in [0, 0.1) is 26.7 Å². The summed E-state index contributed by atoms with van der Waals surface area (Å²) in [5.41, 5.74) is 12.8. The van der Waals surface area contributed by atoms with E-state index in [0.717, 1.165) is 26.2 Å². The molecule has 2 N–H and O–H groups in total. The van der Waals surface area contributed by atoms with Crippen molar-refractivity contribution in [2.75, 3.05) is 37.6 Å². The fraction of sp³-hybridized carbons (Fsp3) is 0.435. The van der Waals surface area contributed by atoms with E-state index in [-0.39, 0.29) is 17.9 Å². The minimum Gasteiger partial charge on any atom is -0.368 e. The molecule has 2 aromatic rings. The summed E-state index contributed by atoms with van der Waals surface area (Å²) in [5.74, 6) is 0.193. The Hall–Kier alpha value is -2.37. The van der Waals surface area contributed by atoms with Gasteiger partial charge in [-0.1, -0.05) is 47.5 Å². The zero-order valence-corrected chi connectivity index (χ0v) is 17.0. The van der Waals surface area contributed by atoms with Crippen molar-refractivity contribution >= 4 is 11.6 Å². The molecule has 5 heteroatoms. The summed E-state index contributed by atoms with van der Waals surface area (Å²) in [7, 11) is 0. The van der Waals surface area contributed by atoms with E-state index in [2.05, 4.69) is 79.0 Å². The highest BCUT2D eigenvalue weighted by Gasteiger charge is 2.37. The van der Waals surface area contributed by atoms with E-state index >= 15 is 0 Å². The molecule has 2 heterocycles. The molecule has 2 saturated heterocycles. The highest BCUT2D eigenvalue weighted by molar-refractivity contribution is 5.81. The predicted octanol–water partition coefficient (Wildman–Crippen LogP) is 2.73. The van der Waals surface area contributed by atoms with Crippen LogP contribution in [0.1, 0.15) is 28.3 Å². The van der Waals surface area contributed by atoms with Crippen LogP contribution in [-0.4, -0.2) is 43.5 Å². The van der Waals surface area contributed by atoms with Crippen LogP contribution in [0.3, 0.4) is 0 Å². The third kappa shape index (κ3) is 3.77. The standard InChI is InChI=1S/C23H30N4O/c1-16-4-7-19(8-5-16)22-20(15-24-25-22)23(28)27-12-10-26(11-13-27)21-9-6-17(2)14-18(21)3/h4-9,14,20,22,24-25H,10-13,15H2,1-3H3. The molecule has 148 valence electrons. The average Bonchev–Trinajstić information content (AvgIpc) is 3.18. The summed E-state index contributed by atoms with van der Waals surface area (Å²) in [6, 6.07) is 15.1. The first-order chi connectivity index (χ1) is 13.5. The minimum absolute atomic E-state index is 0.0328. The second-order valence-corrected chi connectivity index (χ2v) is 8.12. The average molecular weight is 379 g/mol. The number of hydrogen-bond acceptors (Lipinski definition) is 4. The Kier molecular flexibility index (Phi) is 5.38. The van der Waals surface area contributed by atoms with Crippen LogP contribution in [0.4, 0.5) is 5.69 Å². The molecule has 2 atom stereocenters. The maximum absolute atomic E-state index is 13.2. The molecule has 5 nitrogen and oxygen atoms in total. The van der Waals surface area contributed by atoms with Crippen molar-refractivity contribution in [2.24, 2.45) is 5.92 Å². The molecule has 0 bridgehead atoms. The largest absolute Gasteiger partial charge is 0.368 e. The minimum atomic E-state index is -0.0598. The Balaban J connectivity index is 1.41. The lowest BCUT2D eigenvalue weighted by Gasteiger charge is -2.38. The quantitative estimate of drug-likeness (QED) is 0.862. The van der Waals surface area contributed by atoms with Crippen LogP contribution in [-0.2, 0) is 4.79 Å². The number of aryl methyl sites for hydroxylation is 3. The van der Waals surface area contributed by atoms with E-state index in [1.165, 1.54) is 27.9 Å². The smallest absolute Gasteiger partial charge is 0.229 e. The summed E-state index contributed by atoms with van der Waals surface area (Å²) < 4.78 is 0. The number of benzene rings is 2. The van der Waals surface area contributed by atoms with E-state index in [0.29, 0.717) is 6.54 Å². The Bertz CT molecular complexity index is 840. The number of anilines is 1. The maximum atomic E-state index is 13.2. The van der Waals surface area contributed by atoms with Gasteiger partial charge in [-0.2, -0.15) is 0 Å². The van der Waals surface area contributed by atoms with Crippen molar-refractivity contribution in [3.63, 3.8) is 0 Å². The Morgan fingerprint density at radius 3 is 2.29 bits per heavy atom. The van der Waals surface area contributed by atoms with Crippen molar-refractivity contribution in [3.05, 3.63) is 64.7 Å². The van der Waals surface area contributed by atoms with Gasteiger partial charge < -0.3 is 9.80 Å². The van der Waals surface area contributed by atoms with Crippen LogP contribution in [0.5, 0.6) is 0 Å². The predicted molar refractivity (Wildman–Crippen MR) is 113 cm³/mol. The summed E-state index contributed by atoms with van der Waals surface area (Å²) in [6.07, 6.45) is 0. The van der Waals surface area contributed by atoms with Gasteiger partial charge in [-0.15, -0.1) is 0 Å². The normalized spacial score (nSPS) is 22.5. The lowest BCUT2D eigenvalue weighted by atomic mass is 9.93. The second kappa shape index (κ2) is 7.94. The molecule has 2 aromatic carbocycles. The van der Waals surface area contributed by atoms with E-state index in [1.54, 1.807) is 0 Å². The fourth-order valence-electron chi connectivity index (χ4n) is 4.38. The van der Waals surface area contributed by atoms with Gasteiger partial charge in [-0.25, -0.2) is 5.43 Å². The number of hydrazine groups is 1. The van der Waals surface area contributed by atoms with Gasteiger partial charge >= 0.3 is 0 Å². The van der Waals surface area contributed by atoms with Gasteiger partial charge in [0, 0.05) is 38.4 Å². The molecule has 2 aliphatic rings. The maximum Gasteiger partial charge on any atom is 0.229 e. The van der Waals surface area contributed by atoms with Crippen LogP contribution in [0.2, 0.25) is 0 Å². The summed E-state index contributed by atoms with van der Waals surface area (Å²) in [5, 5.41) is 0. The molecule has 0 radical (unpaired) electrons. The number of rotatable bonds is 3. The molecular formula is C23H30N4O. The van der Waals surface area contributed by atoms with Crippen LogP contribution in [0.25, 0.3) is 0 Å². The van der Waals surface area contributed by atoms with Crippen molar-refractivity contribution in [3.8, 4) is 0 Å². The topological polar surface area (TPSA) is 47.6 Å². The molecule has 0 spiro atoms. The van der Waals surface area contributed by atoms with E-state index < -0.39 is 0 Å². The highest BCUT2D eigenvalue weighted by atomic mass is 16.2. The van der Waals surface area contributed by atoms with E-state index in [1.807, 2.05) is 4.90 Å². The number of piperazine rings is 1. The van der Waals surface area contributed by atoms with Crippen LogP contribution < -0.4 is 15.8 Å². The molecule has 0 saturated carbocycles. The van der Waals surface area contributed by atoms with Crippen molar-refractivity contribution in [1.29, 1.82) is 0 Å². The third-order valence-corrected chi connectivity index (χ3v) is 6.02. The van der Waals surface area contributed by atoms with Gasteiger partial charge in [0.1, 0.15) is 0 Å². The first kappa shape index (κ1) is 19.0. The van der Waals surface area contributed by atoms with Crippen LogP contribution >= 0.6 is 0 Å². The Labute approximate surface area is 167 Å². The third-order valence-electron chi connectivity index (χ3n) is 6.02. The van der Waals surface area contributed by atoms with Gasteiger partial charge in [0.25, 0.3) is 0 Å². The zero-order chi connectivity index (χ0) is 19.7. The molecule has 0 aliphatic carbocycles. The Morgan fingerprint density at radius 1 is 0.929 bits per heavy atom. The molecule has 4 rings (SSSR count). The first-order valence-electron chi connectivity index (χ1n) is 10.2. The zero-order valence-electron chi connectivity index (χ0n) is 17.0. The molecule has 2 unspecified atom stereocenters. The molecular weight excluding hydrogens is 348 g/mol. The first-order valence-corrected chi connectivity index (χ1v) is 10.2. The van der Waals surface area contributed by atoms with Crippen LogP contribution in [0.15, 0.2) is 42.5 Å². The lowest BCUT2D eigenvalue weighted by Crippen LogP contribution is -2.51. The van der Waals surface area contributed by atoms with Crippen molar-refractivity contribution < 1.29 is 4.79 Å². The monoisotopic (exact) mass is 378 g/mol. The number of nitrogens with zero attached hydrogens (tertiary/aromatic N) is 2. The van der Waals surface area contributed by atoms with E-state index in [4.69, 9.17) is 0 Å². The highest BCUT2D eigenvalue weighted by Crippen LogP contribution is 2.28. The van der Waals surface area contributed by atoms with Gasteiger partial charge in [-0.05, 0) is 38.0 Å². The van der Waals surface area contributed by atoms with Crippen molar-refractivity contribution in [1.82, 2.24) is 15.8 Å². The second-order valence-electron chi connectivity index (χ2n) is 8.12. The Morgan fingerprint density at radius 2 is 1.61 bits per heavy atom. The van der Waals surface area contributed by atoms with Gasteiger partial charge in [0.15, 0.2) is 0 Å². The number of carbonyl (C=O) groups excluding carboxylic acids is 1. The molecule has 1 amide bonds. The van der Waals surface area contributed by atoms with Crippen molar-refractivity contribution in [2.45, 2.75) is 26.8 Å². The summed E-state index contributed by atoms with van der Waals surface area (Å²) >= 11 is 0. The number of amides is 1. The molecule has 28 heavy (non-hydrogen) atoms. The summed E-state index contributed by atoms with van der Waals surface area (Å²) in [6.45, 7) is 10.4. The molecule has 2 fully saturated rings. The van der Waals surface area contributed by atoms with Gasteiger partial charge in [0.2, 0.25) is 5.91 Å². The summed E-state index contributed by atoms with van der Waals surface area (Å²) in [4.78, 5) is 17.7.